The smallest absolute Gasteiger partial charge is 0.197 e. The van der Waals surface area contributed by atoms with E-state index >= 15 is 0 Å². The van der Waals surface area contributed by atoms with E-state index in [1.165, 1.54) is 0 Å². The molecule has 0 atom stereocenters. The highest BCUT2D eigenvalue weighted by molar-refractivity contribution is 6.36. The monoisotopic (exact) mass is 408 g/mol. The molecule has 0 fully saturated rings. The molecule has 28 heavy (non-hydrogen) atoms. The maximum atomic E-state index is 13.1. The minimum Gasteiger partial charge on any atom is -0.353 e. The molecule has 3 aromatic carbocycles. The lowest BCUT2D eigenvalue weighted by Gasteiger charge is -2.09. The van der Waals surface area contributed by atoms with Gasteiger partial charge in [-0.1, -0.05) is 23.2 Å². The number of rotatable bonds is 0. The highest BCUT2D eigenvalue weighted by atomic mass is 35.5. The van der Waals surface area contributed by atoms with Gasteiger partial charge in [-0.15, -0.1) is 0 Å². The molecule has 0 bridgehead atoms. The fourth-order valence-corrected chi connectivity index (χ4v) is 4.48. The summed E-state index contributed by atoms with van der Waals surface area (Å²) in [5.74, 6) is 0. The first kappa shape index (κ1) is 17.3. The highest BCUT2D eigenvalue weighted by Gasteiger charge is 2.14. The average molecular weight is 409 g/mol. The highest BCUT2D eigenvalue weighted by Crippen LogP contribution is 2.28. The van der Waals surface area contributed by atoms with Crippen molar-refractivity contribution in [3.05, 3.63) is 78.0 Å². The van der Waals surface area contributed by atoms with Crippen molar-refractivity contribution in [2.24, 2.45) is 0 Å². The van der Waals surface area contributed by atoms with Gasteiger partial charge in [0.25, 0.3) is 0 Å². The van der Waals surface area contributed by atoms with Gasteiger partial charge >= 0.3 is 0 Å². The molecule has 0 aliphatic heterocycles. The lowest BCUT2D eigenvalue weighted by Crippen LogP contribution is -2.09. The van der Waals surface area contributed by atoms with Gasteiger partial charge in [-0.25, -0.2) is 0 Å². The molecule has 0 saturated carbocycles. The van der Waals surface area contributed by atoms with Gasteiger partial charge in [0.05, 0.1) is 32.1 Å². The molecule has 5 aromatic rings. The van der Waals surface area contributed by atoms with Crippen LogP contribution in [-0.2, 0) is 0 Å². The van der Waals surface area contributed by atoms with E-state index in [-0.39, 0.29) is 10.9 Å². The number of nitrogens with one attached hydrogen (secondary N) is 2. The van der Waals surface area contributed by atoms with Crippen LogP contribution in [0.15, 0.2) is 46.0 Å². The molecule has 0 amide bonds. The van der Waals surface area contributed by atoms with Crippen molar-refractivity contribution < 1.29 is 0 Å². The quantitative estimate of drug-likeness (QED) is 0.327. The van der Waals surface area contributed by atoms with Crippen molar-refractivity contribution in [2.45, 2.75) is 13.8 Å². The van der Waals surface area contributed by atoms with Gasteiger partial charge in [0.2, 0.25) is 0 Å². The van der Waals surface area contributed by atoms with Crippen LogP contribution < -0.4 is 10.9 Å². The van der Waals surface area contributed by atoms with E-state index in [0.717, 1.165) is 11.1 Å². The number of aromatic nitrogens is 2. The third-order valence-electron chi connectivity index (χ3n) is 5.12. The first-order chi connectivity index (χ1) is 13.3. The summed E-state index contributed by atoms with van der Waals surface area (Å²) >= 11 is 12.7. The Hall–Kier alpha value is -2.82. The lowest BCUT2D eigenvalue weighted by molar-refractivity contribution is 1.42. The maximum Gasteiger partial charge on any atom is 0.197 e. The number of benzene rings is 3. The third kappa shape index (κ3) is 2.38. The van der Waals surface area contributed by atoms with E-state index in [0.29, 0.717) is 53.7 Å². The molecule has 5 rings (SSSR count). The molecule has 138 valence electrons. The Morgan fingerprint density at radius 3 is 1.39 bits per heavy atom. The number of aryl methyl sites for hydroxylation is 2. The second-order valence-electron chi connectivity index (χ2n) is 7.19. The van der Waals surface area contributed by atoms with E-state index < -0.39 is 0 Å². The predicted octanol–water partition coefficient (Wildman–Crippen LogP) is 5.60. The number of aromatic amines is 2. The number of pyridine rings is 2. The molecule has 0 unspecified atom stereocenters. The van der Waals surface area contributed by atoms with Crippen LogP contribution in [0, 0.1) is 13.8 Å². The van der Waals surface area contributed by atoms with Crippen LogP contribution in [0.2, 0.25) is 10.0 Å². The Balaban J connectivity index is 2.02. The second-order valence-corrected chi connectivity index (χ2v) is 8.00. The van der Waals surface area contributed by atoms with Gasteiger partial charge in [-0.2, -0.15) is 0 Å². The first-order valence-corrected chi connectivity index (χ1v) is 9.51. The summed E-state index contributed by atoms with van der Waals surface area (Å²) < 4.78 is 0. The van der Waals surface area contributed by atoms with Gasteiger partial charge in [-0.3, -0.25) is 9.59 Å². The van der Waals surface area contributed by atoms with Crippen molar-refractivity contribution in [3.8, 4) is 0 Å². The van der Waals surface area contributed by atoms with Crippen LogP contribution in [0.5, 0.6) is 0 Å². The van der Waals surface area contributed by atoms with Gasteiger partial charge in [0.15, 0.2) is 10.9 Å². The minimum atomic E-state index is -0.132. The summed E-state index contributed by atoms with van der Waals surface area (Å²) in [4.78, 5) is 32.6. The molecule has 2 N–H and O–H groups in total. The van der Waals surface area contributed by atoms with Crippen molar-refractivity contribution >= 4 is 66.8 Å². The lowest BCUT2D eigenvalue weighted by atomic mass is 10.0. The van der Waals surface area contributed by atoms with Crippen LogP contribution >= 0.6 is 23.2 Å². The van der Waals surface area contributed by atoms with E-state index in [1.807, 2.05) is 26.0 Å². The fourth-order valence-electron chi connectivity index (χ4n) is 3.84. The summed E-state index contributed by atoms with van der Waals surface area (Å²) in [6.45, 7) is 3.78. The molecule has 0 radical (unpaired) electrons. The Morgan fingerprint density at radius 1 is 0.607 bits per heavy atom. The fraction of sp³-hybridized carbons (Fsp3) is 0.0909. The van der Waals surface area contributed by atoms with Crippen molar-refractivity contribution in [1.82, 2.24) is 9.97 Å². The number of halogens is 2. The Morgan fingerprint density at radius 2 is 1.00 bits per heavy atom. The summed E-state index contributed by atoms with van der Waals surface area (Å²) in [5.41, 5.74) is 3.83. The summed E-state index contributed by atoms with van der Waals surface area (Å²) in [6, 6.07) is 10.6. The van der Waals surface area contributed by atoms with Crippen LogP contribution in [0.4, 0.5) is 0 Å². The third-order valence-corrected chi connectivity index (χ3v) is 5.72. The standard InChI is InChI=1S/C22H14Cl2N2O2/c1-9-3-13-19(15(23)5-9)25-17-8-12-18(7-11(17)21(13)27)26-20-14(22(12)28)4-10(2)6-16(20)24/h3-8H,1-2H3,(H,25,27)(H,26,28). The molecule has 0 spiro atoms. The molecule has 6 heteroatoms. The van der Waals surface area contributed by atoms with E-state index in [4.69, 9.17) is 23.2 Å². The van der Waals surface area contributed by atoms with Crippen LogP contribution in [0.25, 0.3) is 43.6 Å². The Kier molecular flexibility index (Phi) is 3.60. The summed E-state index contributed by atoms with van der Waals surface area (Å²) in [7, 11) is 0. The van der Waals surface area contributed by atoms with Crippen LogP contribution in [0.3, 0.4) is 0 Å². The number of H-pyrrole nitrogens is 2. The minimum absolute atomic E-state index is 0.132. The predicted molar refractivity (Wildman–Crippen MR) is 117 cm³/mol. The van der Waals surface area contributed by atoms with Crippen LogP contribution in [-0.4, -0.2) is 9.97 Å². The maximum absolute atomic E-state index is 13.1. The molecular formula is C22H14Cl2N2O2. The summed E-state index contributed by atoms with van der Waals surface area (Å²) in [6.07, 6.45) is 0. The molecule has 0 saturated heterocycles. The summed E-state index contributed by atoms with van der Waals surface area (Å²) in [5, 5.41) is 2.97. The molecular weight excluding hydrogens is 395 g/mol. The van der Waals surface area contributed by atoms with Gasteiger partial charge in [0.1, 0.15) is 0 Å². The molecule has 2 heterocycles. The normalized spacial score (nSPS) is 11.9. The van der Waals surface area contributed by atoms with Crippen LogP contribution in [0.1, 0.15) is 11.1 Å². The van der Waals surface area contributed by atoms with Gasteiger partial charge in [-0.05, 0) is 61.4 Å². The zero-order valence-electron chi connectivity index (χ0n) is 15.0. The van der Waals surface area contributed by atoms with Crippen molar-refractivity contribution in [3.63, 3.8) is 0 Å². The van der Waals surface area contributed by atoms with Crippen molar-refractivity contribution in [2.75, 3.05) is 0 Å². The Labute approximate surface area is 168 Å². The number of hydrogen-bond acceptors (Lipinski definition) is 2. The SMILES string of the molecule is Cc1cc(Cl)c2[nH]c3cc4c(=O)c5cc(C)cc(Cl)c5[nH]c4cc3c(=O)c2c1. The van der Waals surface area contributed by atoms with E-state index in [9.17, 15) is 9.59 Å². The number of fused-ring (bicyclic) bond motifs is 4. The number of hydrogen-bond donors (Lipinski definition) is 2. The molecule has 4 nitrogen and oxygen atoms in total. The van der Waals surface area contributed by atoms with Gasteiger partial charge < -0.3 is 9.97 Å². The first-order valence-electron chi connectivity index (χ1n) is 8.75. The van der Waals surface area contributed by atoms with Crippen molar-refractivity contribution in [1.29, 1.82) is 0 Å². The average Bonchev–Trinajstić information content (AvgIpc) is 2.63. The molecule has 2 aromatic heterocycles. The molecule has 0 aliphatic rings. The largest absolute Gasteiger partial charge is 0.353 e. The van der Waals surface area contributed by atoms with E-state index in [2.05, 4.69) is 9.97 Å². The topological polar surface area (TPSA) is 65.7 Å². The molecule has 0 aliphatic carbocycles. The van der Waals surface area contributed by atoms with Gasteiger partial charge in [0, 0.05) is 21.5 Å². The zero-order chi connectivity index (χ0) is 19.7. The van der Waals surface area contributed by atoms with E-state index in [1.54, 1.807) is 24.3 Å². The Bertz CT molecular complexity index is 1480. The second kappa shape index (κ2) is 5.84. The zero-order valence-corrected chi connectivity index (χ0v) is 16.5.